The average Bonchev–Trinajstić information content (AvgIpc) is 2.85. The molecule has 3 aromatic carbocycles. The number of rotatable bonds is 10. The van der Waals surface area contributed by atoms with Crippen molar-refractivity contribution in [2.75, 3.05) is 13.2 Å². The molecule has 4 nitrogen and oxygen atoms in total. The smallest absolute Gasteiger partial charge is 0.113 e. The molecule has 1 saturated heterocycles. The molecule has 0 N–H and O–H groups in total. The van der Waals surface area contributed by atoms with Gasteiger partial charge in [0, 0.05) is 5.92 Å². The third kappa shape index (κ3) is 6.50. The molecule has 0 bridgehead atoms. The van der Waals surface area contributed by atoms with Crippen LogP contribution in [0.5, 0.6) is 0 Å². The van der Waals surface area contributed by atoms with E-state index in [0.29, 0.717) is 33.0 Å². The molecule has 0 radical (unpaired) electrons. The van der Waals surface area contributed by atoms with Gasteiger partial charge in [0.15, 0.2) is 0 Å². The van der Waals surface area contributed by atoms with Crippen molar-refractivity contribution >= 4 is 0 Å². The minimum Gasteiger partial charge on any atom is -0.374 e. The van der Waals surface area contributed by atoms with E-state index in [-0.39, 0.29) is 24.2 Å². The molecular weight excluding hydrogens is 400 g/mol. The second kappa shape index (κ2) is 11.9. The predicted molar refractivity (Wildman–Crippen MR) is 125 cm³/mol. The van der Waals surface area contributed by atoms with Crippen LogP contribution in [0.4, 0.5) is 0 Å². The Bertz CT molecular complexity index is 900. The number of benzene rings is 3. The predicted octanol–water partition coefficient (Wildman–Crippen LogP) is 5.41. The Morgan fingerprint density at radius 2 is 1.12 bits per heavy atom. The highest BCUT2D eigenvalue weighted by Gasteiger charge is 2.40. The molecule has 32 heavy (non-hydrogen) atoms. The summed E-state index contributed by atoms with van der Waals surface area (Å²) in [5, 5.41) is 0. The molecule has 0 unspecified atom stereocenters. The van der Waals surface area contributed by atoms with Gasteiger partial charge in [-0.1, -0.05) is 97.9 Å². The van der Waals surface area contributed by atoms with E-state index in [0.717, 1.165) is 16.7 Å². The van der Waals surface area contributed by atoms with Crippen molar-refractivity contribution in [1.29, 1.82) is 0 Å². The Morgan fingerprint density at radius 1 is 0.656 bits per heavy atom. The van der Waals surface area contributed by atoms with Crippen molar-refractivity contribution in [3.63, 3.8) is 0 Å². The van der Waals surface area contributed by atoms with Crippen LogP contribution in [-0.2, 0) is 38.8 Å². The van der Waals surface area contributed by atoms with Crippen molar-refractivity contribution < 1.29 is 18.9 Å². The van der Waals surface area contributed by atoms with Crippen LogP contribution in [0.25, 0.3) is 0 Å². The first-order chi connectivity index (χ1) is 15.8. The van der Waals surface area contributed by atoms with Gasteiger partial charge in [-0.05, 0) is 16.7 Å². The molecule has 0 spiro atoms. The largest absolute Gasteiger partial charge is 0.374 e. The third-order valence-corrected chi connectivity index (χ3v) is 5.79. The van der Waals surface area contributed by atoms with E-state index in [2.05, 4.69) is 43.3 Å². The standard InChI is InChI=1S/C28H32O4/c1-22-17-30-26(21-29-18-23-11-5-2-6-12-23)28(32-20-25-15-9-4-10-16-25)27(22)31-19-24-13-7-3-8-14-24/h2-16,22,26-28H,17-21H2,1H3/t22-,26-,27-,28+/m1/s1. The van der Waals surface area contributed by atoms with Gasteiger partial charge in [0.1, 0.15) is 12.2 Å². The highest BCUT2D eigenvalue weighted by Crippen LogP contribution is 2.28. The zero-order valence-electron chi connectivity index (χ0n) is 18.6. The van der Waals surface area contributed by atoms with E-state index in [1.54, 1.807) is 0 Å². The minimum absolute atomic E-state index is 0.0713. The van der Waals surface area contributed by atoms with Gasteiger partial charge in [-0.3, -0.25) is 0 Å². The van der Waals surface area contributed by atoms with Gasteiger partial charge in [-0.25, -0.2) is 0 Å². The van der Waals surface area contributed by atoms with E-state index in [4.69, 9.17) is 18.9 Å². The second-order valence-corrected chi connectivity index (χ2v) is 8.37. The van der Waals surface area contributed by atoms with Crippen LogP contribution in [0.1, 0.15) is 23.6 Å². The molecule has 0 aromatic heterocycles. The van der Waals surface area contributed by atoms with Crippen LogP contribution in [0.15, 0.2) is 91.0 Å². The molecule has 4 rings (SSSR count). The van der Waals surface area contributed by atoms with Crippen LogP contribution in [0, 0.1) is 5.92 Å². The van der Waals surface area contributed by atoms with Gasteiger partial charge in [-0.15, -0.1) is 0 Å². The van der Waals surface area contributed by atoms with E-state index < -0.39 is 0 Å². The maximum atomic E-state index is 6.43. The van der Waals surface area contributed by atoms with Gasteiger partial charge >= 0.3 is 0 Å². The lowest BCUT2D eigenvalue weighted by molar-refractivity contribution is -0.216. The van der Waals surface area contributed by atoms with Crippen LogP contribution < -0.4 is 0 Å². The molecule has 3 aromatic rings. The van der Waals surface area contributed by atoms with E-state index in [9.17, 15) is 0 Å². The van der Waals surface area contributed by atoms with Crippen molar-refractivity contribution in [3.8, 4) is 0 Å². The number of hydrogen-bond donors (Lipinski definition) is 0. The fourth-order valence-electron chi connectivity index (χ4n) is 4.01. The molecule has 0 aliphatic carbocycles. The molecule has 0 amide bonds. The van der Waals surface area contributed by atoms with Crippen molar-refractivity contribution in [1.82, 2.24) is 0 Å². The summed E-state index contributed by atoms with van der Waals surface area (Å²) in [7, 11) is 0. The zero-order valence-corrected chi connectivity index (χ0v) is 18.6. The molecule has 1 aliphatic heterocycles. The maximum absolute atomic E-state index is 6.43. The Labute approximate surface area is 191 Å². The number of hydrogen-bond acceptors (Lipinski definition) is 4. The summed E-state index contributed by atoms with van der Waals surface area (Å²) < 4.78 is 25.1. The molecule has 4 heteroatoms. The zero-order chi connectivity index (χ0) is 22.0. The lowest BCUT2D eigenvalue weighted by Gasteiger charge is -2.41. The minimum atomic E-state index is -0.210. The summed E-state index contributed by atoms with van der Waals surface area (Å²) in [6, 6.07) is 30.7. The third-order valence-electron chi connectivity index (χ3n) is 5.79. The topological polar surface area (TPSA) is 36.9 Å². The SMILES string of the molecule is C[C@@H]1CO[C@H](COCc2ccccc2)[C@H](OCc2ccccc2)[C@@H]1OCc1ccccc1. The molecule has 1 aliphatic rings. The van der Waals surface area contributed by atoms with Crippen LogP contribution in [-0.4, -0.2) is 31.5 Å². The summed E-state index contributed by atoms with van der Waals surface area (Å²) in [4.78, 5) is 0. The van der Waals surface area contributed by atoms with Crippen LogP contribution in [0.2, 0.25) is 0 Å². The molecule has 4 atom stereocenters. The maximum Gasteiger partial charge on any atom is 0.113 e. The van der Waals surface area contributed by atoms with E-state index in [1.807, 2.05) is 54.6 Å². The summed E-state index contributed by atoms with van der Waals surface area (Å²) in [6.07, 6.45) is -0.462. The lowest BCUT2D eigenvalue weighted by atomic mass is 9.93. The van der Waals surface area contributed by atoms with E-state index in [1.165, 1.54) is 0 Å². The highest BCUT2D eigenvalue weighted by atomic mass is 16.6. The molecule has 168 valence electrons. The average molecular weight is 433 g/mol. The van der Waals surface area contributed by atoms with Gasteiger partial charge < -0.3 is 18.9 Å². The first-order valence-corrected chi connectivity index (χ1v) is 11.3. The number of ether oxygens (including phenoxy) is 4. The van der Waals surface area contributed by atoms with E-state index >= 15 is 0 Å². The van der Waals surface area contributed by atoms with Crippen molar-refractivity contribution in [3.05, 3.63) is 108 Å². The van der Waals surface area contributed by atoms with Crippen LogP contribution >= 0.6 is 0 Å². The summed E-state index contributed by atoms with van der Waals surface area (Å²) in [6.45, 7) is 4.88. The summed E-state index contributed by atoms with van der Waals surface area (Å²) in [5.41, 5.74) is 3.44. The molecule has 1 heterocycles. The first kappa shape index (κ1) is 22.7. The Kier molecular flexibility index (Phi) is 8.46. The highest BCUT2D eigenvalue weighted by molar-refractivity contribution is 5.15. The fourth-order valence-corrected chi connectivity index (χ4v) is 4.01. The molecule has 1 fully saturated rings. The second-order valence-electron chi connectivity index (χ2n) is 8.37. The van der Waals surface area contributed by atoms with Gasteiger partial charge in [0.25, 0.3) is 0 Å². The Hall–Kier alpha value is -2.50. The van der Waals surface area contributed by atoms with Gasteiger partial charge in [0.2, 0.25) is 0 Å². The quantitative estimate of drug-likeness (QED) is 0.429. The first-order valence-electron chi connectivity index (χ1n) is 11.3. The monoisotopic (exact) mass is 432 g/mol. The summed E-state index contributed by atoms with van der Waals surface area (Å²) in [5.74, 6) is 0.227. The van der Waals surface area contributed by atoms with Crippen molar-refractivity contribution in [2.45, 2.75) is 45.1 Å². The Morgan fingerprint density at radius 3 is 1.66 bits per heavy atom. The fraction of sp³-hybridized carbons (Fsp3) is 0.357. The van der Waals surface area contributed by atoms with Crippen molar-refractivity contribution in [2.24, 2.45) is 5.92 Å². The van der Waals surface area contributed by atoms with Gasteiger partial charge in [-0.2, -0.15) is 0 Å². The summed E-state index contributed by atoms with van der Waals surface area (Å²) >= 11 is 0. The lowest BCUT2D eigenvalue weighted by Crippen LogP contribution is -2.53. The molecule has 0 saturated carbocycles. The van der Waals surface area contributed by atoms with Gasteiger partial charge in [0.05, 0.1) is 39.1 Å². The normalized spacial score (nSPS) is 23.2. The Balaban J connectivity index is 1.42. The van der Waals surface area contributed by atoms with Crippen LogP contribution in [0.3, 0.4) is 0 Å². The molecular formula is C28H32O4.